The Balaban J connectivity index is 1.63. The van der Waals surface area contributed by atoms with Gasteiger partial charge in [-0.2, -0.15) is 0 Å². The van der Waals surface area contributed by atoms with E-state index in [0.29, 0.717) is 24.5 Å². The topological polar surface area (TPSA) is 89.5 Å². The molecule has 1 heterocycles. The standard InChI is InChI=1S/C32H41N3O4/c1-5-6-7-8-9-24-10-14-27(15-11-24)34-30(36)29(35-31(37)39-32(2,3)4)22-25-12-16-28(17-13-25)38-23-26-18-20-33-21-19-26/h10-21,29H,5-9,22-23H2,1-4H3,(H,34,36)(H,35,37)/t29-/m0/s1. The Morgan fingerprint density at radius 2 is 1.51 bits per heavy atom. The maximum atomic E-state index is 13.3. The van der Waals surface area contributed by atoms with E-state index >= 15 is 0 Å². The van der Waals surface area contributed by atoms with E-state index in [1.807, 2.05) is 60.7 Å². The summed E-state index contributed by atoms with van der Waals surface area (Å²) in [6.07, 6.45) is 9.00. The summed E-state index contributed by atoms with van der Waals surface area (Å²) in [7, 11) is 0. The lowest BCUT2D eigenvalue weighted by Gasteiger charge is -2.23. The number of carbonyl (C=O) groups is 2. The normalized spacial score (nSPS) is 11.9. The lowest BCUT2D eigenvalue weighted by atomic mass is 10.0. The van der Waals surface area contributed by atoms with Crippen LogP contribution < -0.4 is 15.4 Å². The Hall–Kier alpha value is -3.87. The van der Waals surface area contributed by atoms with Crippen molar-refractivity contribution in [3.8, 4) is 5.75 Å². The van der Waals surface area contributed by atoms with Crippen LogP contribution in [0.2, 0.25) is 0 Å². The number of rotatable bonds is 13. The number of nitrogens with one attached hydrogen (secondary N) is 2. The van der Waals surface area contributed by atoms with Gasteiger partial charge in [-0.3, -0.25) is 9.78 Å². The molecule has 0 saturated carbocycles. The molecular weight excluding hydrogens is 490 g/mol. The number of aromatic nitrogens is 1. The van der Waals surface area contributed by atoms with Crippen LogP contribution >= 0.6 is 0 Å². The first kappa shape index (κ1) is 29.7. The summed E-state index contributed by atoms with van der Waals surface area (Å²) in [6, 6.07) is 18.4. The highest BCUT2D eigenvalue weighted by atomic mass is 16.6. The second-order valence-corrected chi connectivity index (χ2v) is 10.7. The molecule has 208 valence electrons. The number of hydrogen-bond donors (Lipinski definition) is 2. The number of benzene rings is 2. The van der Waals surface area contributed by atoms with Gasteiger partial charge in [-0.1, -0.05) is 50.5 Å². The molecule has 39 heavy (non-hydrogen) atoms. The molecule has 0 aliphatic carbocycles. The summed E-state index contributed by atoms with van der Waals surface area (Å²) in [5, 5.41) is 5.69. The maximum Gasteiger partial charge on any atom is 0.408 e. The largest absolute Gasteiger partial charge is 0.489 e. The van der Waals surface area contributed by atoms with E-state index in [0.717, 1.165) is 24.0 Å². The van der Waals surface area contributed by atoms with Gasteiger partial charge >= 0.3 is 6.09 Å². The van der Waals surface area contributed by atoms with Crippen LogP contribution in [-0.2, 0) is 29.0 Å². The molecular formula is C32H41N3O4. The predicted molar refractivity (Wildman–Crippen MR) is 155 cm³/mol. The number of aryl methyl sites for hydroxylation is 1. The van der Waals surface area contributed by atoms with Gasteiger partial charge in [-0.15, -0.1) is 0 Å². The quantitative estimate of drug-likeness (QED) is 0.235. The maximum absolute atomic E-state index is 13.3. The van der Waals surface area contributed by atoms with Gasteiger partial charge in [0.1, 0.15) is 24.0 Å². The highest BCUT2D eigenvalue weighted by Crippen LogP contribution is 2.17. The van der Waals surface area contributed by atoms with Gasteiger partial charge in [0.25, 0.3) is 0 Å². The predicted octanol–water partition coefficient (Wildman–Crippen LogP) is 6.86. The van der Waals surface area contributed by atoms with Gasteiger partial charge in [0.15, 0.2) is 0 Å². The SMILES string of the molecule is CCCCCCc1ccc(NC(=O)[C@H](Cc2ccc(OCc3ccncc3)cc2)NC(=O)OC(C)(C)C)cc1. The number of alkyl carbamates (subject to hydrolysis) is 1. The molecule has 7 heteroatoms. The van der Waals surface area contributed by atoms with Crippen LogP contribution in [0, 0.1) is 0 Å². The summed E-state index contributed by atoms with van der Waals surface area (Å²) in [5.74, 6) is 0.404. The van der Waals surface area contributed by atoms with Crippen molar-refractivity contribution < 1.29 is 19.1 Å². The van der Waals surface area contributed by atoms with Crippen LogP contribution in [0.3, 0.4) is 0 Å². The van der Waals surface area contributed by atoms with Crippen molar-refractivity contribution in [2.45, 2.75) is 84.5 Å². The third-order valence-electron chi connectivity index (χ3n) is 6.07. The van der Waals surface area contributed by atoms with Crippen LogP contribution in [0.5, 0.6) is 5.75 Å². The van der Waals surface area contributed by atoms with Crippen LogP contribution in [-0.4, -0.2) is 28.6 Å². The first-order valence-electron chi connectivity index (χ1n) is 13.7. The monoisotopic (exact) mass is 531 g/mol. The van der Waals surface area contributed by atoms with E-state index < -0.39 is 17.7 Å². The van der Waals surface area contributed by atoms with Gasteiger partial charge in [0, 0.05) is 24.5 Å². The average Bonchev–Trinajstić information content (AvgIpc) is 2.91. The minimum absolute atomic E-state index is 0.297. The number of anilines is 1. The molecule has 0 bridgehead atoms. The third kappa shape index (κ3) is 11.2. The fraction of sp³-hybridized carbons (Fsp3) is 0.406. The summed E-state index contributed by atoms with van der Waals surface area (Å²) in [5.41, 5.74) is 3.17. The lowest BCUT2D eigenvalue weighted by Crippen LogP contribution is -2.47. The first-order valence-corrected chi connectivity index (χ1v) is 13.7. The minimum atomic E-state index is -0.822. The zero-order chi connectivity index (χ0) is 28.1. The summed E-state index contributed by atoms with van der Waals surface area (Å²) >= 11 is 0. The number of ether oxygens (including phenoxy) is 2. The van der Waals surface area contributed by atoms with E-state index in [1.54, 1.807) is 33.2 Å². The van der Waals surface area contributed by atoms with Crippen molar-refractivity contribution in [3.63, 3.8) is 0 Å². The highest BCUT2D eigenvalue weighted by molar-refractivity contribution is 5.96. The minimum Gasteiger partial charge on any atom is -0.489 e. The zero-order valence-corrected chi connectivity index (χ0v) is 23.5. The van der Waals surface area contributed by atoms with Crippen LogP contribution in [0.15, 0.2) is 73.1 Å². The Kier molecular flexibility index (Phi) is 11.3. The molecule has 2 amide bonds. The van der Waals surface area contributed by atoms with E-state index in [2.05, 4.69) is 22.5 Å². The number of hydrogen-bond acceptors (Lipinski definition) is 5. The fourth-order valence-electron chi connectivity index (χ4n) is 4.00. The fourth-order valence-corrected chi connectivity index (χ4v) is 4.00. The molecule has 0 aliphatic heterocycles. The van der Waals surface area contributed by atoms with Crippen molar-refractivity contribution in [1.82, 2.24) is 10.3 Å². The molecule has 0 aliphatic rings. The molecule has 0 spiro atoms. The summed E-state index contributed by atoms with van der Waals surface area (Å²) in [4.78, 5) is 29.8. The van der Waals surface area contributed by atoms with Gasteiger partial charge in [0.2, 0.25) is 5.91 Å². The Labute approximate surface area is 232 Å². The molecule has 0 fully saturated rings. The second-order valence-electron chi connectivity index (χ2n) is 10.7. The van der Waals surface area contributed by atoms with Crippen LogP contribution in [0.1, 0.15) is 70.1 Å². The van der Waals surface area contributed by atoms with E-state index in [1.165, 1.54) is 24.8 Å². The van der Waals surface area contributed by atoms with Gasteiger partial charge in [-0.05, 0) is 86.7 Å². The summed E-state index contributed by atoms with van der Waals surface area (Å²) < 4.78 is 11.3. The molecule has 1 atom stereocenters. The smallest absolute Gasteiger partial charge is 0.408 e. The second kappa shape index (κ2) is 14.9. The molecule has 0 unspecified atom stereocenters. The van der Waals surface area contributed by atoms with E-state index in [4.69, 9.17) is 9.47 Å². The highest BCUT2D eigenvalue weighted by Gasteiger charge is 2.25. The molecule has 3 aromatic rings. The van der Waals surface area contributed by atoms with Crippen LogP contribution in [0.25, 0.3) is 0 Å². The number of nitrogens with zero attached hydrogens (tertiary/aromatic N) is 1. The molecule has 3 rings (SSSR count). The molecule has 0 radical (unpaired) electrons. The van der Waals surface area contributed by atoms with E-state index in [-0.39, 0.29) is 5.91 Å². The Bertz CT molecular complexity index is 1160. The number of carbonyl (C=O) groups excluding carboxylic acids is 2. The summed E-state index contributed by atoms with van der Waals surface area (Å²) in [6.45, 7) is 8.00. The van der Waals surface area contributed by atoms with Crippen LogP contribution in [0.4, 0.5) is 10.5 Å². The first-order chi connectivity index (χ1) is 18.7. The van der Waals surface area contributed by atoms with Gasteiger partial charge < -0.3 is 20.1 Å². The molecule has 7 nitrogen and oxygen atoms in total. The number of unbranched alkanes of at least 4 members (excludes halogenated alkanes) is 3. The van der Waals surface area contributed by atoms with Crippen molar-refractivity contribution in [2.24, 2.45) is 0 Å². The lowest BCUT2D eigenvalue weighted by molar-refractivity contribution is -0.118. The average molecular weight is 532 g/mol. The zero-order valence-electron chi connectivity index (χ0n) is 23.5. The Morgan fingerprint density at radius 3 is 2.15 bits per heavy atom. The number of amides is 2. The number of pyridine rings is 1. The Morgan fingerprint density at radius 1 is 0.846 bits per heavy atom. The van der Waals surface area contributed by atoms with Crippen molar-refractivity contribution in [2.75, 3.05) is 5.32 Å². The molecule has 0 saturated heterocycles. The van der Waals surface area contributed by atoms with Gasteiger partial charge in [0.05, 0.1) is 0 Å². The molecule has 1 aromatic heterocycles. The van der Waals surface area contributed by atoms with Gasteiger partial charge in [-0.25, -0.2) is 4.79 Å². The van der Waals surface area contributed by atoms with Crippen molar-refractivity contribution >= 4 is 17.7 Å². The van der Waals surface area contributed by atoms with Crippen molar-refractivity contribution in [1.29, 1.82) is 0 Å². The molecule has 2 aromatic carbocycles. The molecule has 2 N–H and O–H groups in total. The van der Waals surface area contributed by atoms with E-state index in [9.17, 15) is 9.59 Å². The van der Waals surface area contributed by atoms with Crippen molar-refractivity contribution in [3.05, 3.63) is 89.7 Å². The third-order valence-corrected chi connectivity index (χ3v) is 6.07.